The summed E-state index contributed by atoms with van der Waals surface area (Å²) in [6, 6.07) is 3.98. The molecule has 0 radical (unpaired) electrons. The van der Waals surface area contributed by atoms with Crippen molar-refractivity contribution in [3.8, 4) is 0 Å². The highest BCUT2D eigenvalue weighted by Gasteiger charge is 2.65. The van der Waals surface area contributed by atoms with Gasteiger partial charge in [0, 0.05) is 30.1 Å². The standard InChI is InChI=1S/C28H36O8/c1-15-6-8-20(34-15)18-13-16-12-17(35-25(30)32-4)10-11-27(16,2)24-21(36-26(31)33-5)14-28(3)19(23(18)24)7-9-22(28)29/h6,8,13,17-19,21,23-24H,7,9-12,14H2,1-5H3/t17-,18?,19?,21?,23?,24?,27-,28-/m0/s1. The van der Waals surface area contributed by atoms with Crippen LogP contribution in [0.4, 0.5) is 9.59 Å². The summed E-state index contributed by atoms with van der Waals surface area (Å²) in [4.78, 5) is 37.5. The van der Waals surface area contributed by atoms with Crippen LogP contribution < -0.4 is 0 Å². The van der Waals surface area contributed by atoms with Crippen LogP contribution >= 0.6 is 0 Å². The van der Waals surface area contributed by atoms with Crippen molar-refractivity contribution >= 4 is 18.1 Å². The zero-order valence-electron chi connectivity index (χ0n) is 21.7. The first-order valence-corrected chi connectivity index (χ1v) is 12.9. The number of carbonyl (C=O) groups is 3. The van der Waals surface area contributed by atoms with E-state index in [2.05, 4.69) is 13.0 Å². The van der Waals surface area contributed by atoms with Gasteiger partial charge in [-0.15, -0.1) is 0 Å². The minimum atomic E-state index is -0.723. The van der Waals surface area contributed by atoms with Crippen LogP contribution in [-0.4, -0.2) is 44.5 Å². The normalized spacial score (nSPS) is 39.2. The van der Waals surface area contributed by atoms with E-state index in [1.165, 1.54) is 19.8 Å². The highest BCUT2D eigenvalue weighted by atomic mass is 16.7. The molecule has 5 rings (SSSR count). The largest absolute Gasteiger partial charge is 0.508 e. The fourth-order valence-electron chi connectivity index (χ4n) is 7.98. The third-order valence-electron chi connectivity index (χ3n) is 9.67. The van der Waals surface area contributed by atoms with Crippen LogP contribution in [0.25, 0.3) is 0 Å². The van der Waals surface area contributed by atoms with Crippen LogP contribution in [0.1, 0.15) is 69.8 Å². The monoisotopic (exact) mass is 500 g/mol. The Balaban J connectivity index is 1.63. The molecule has 3 saturated carbocycles. The predicted octanol–water partition coefficient (Wildman–Crippen LogP) is 5.73. The molecule has 0 amide bonds. The smallest absolute Gasteiger partial charge is 0.466 e. The van der Waals surface area contributed by atoms with Crippen molar-refractivity contribution < 1.29 is 37.7 Å². The fraction of sp³-hybridized carbons (Fsp3) is 0.679. The molecule has 0 spiro atoms. The van der Waals surface area contributed by atoms with Crippen LogP contribution in [-0.2, 0) is 23.7 Å². The molecule has 1 heterocycles. The molecular weight excluding hydrogens is 464 g/mol. The number of Topliss-reactive ketones (excluding diaryl/α,β-unsaturated/α-hetero) is 1. The number of hydrogen-bond donors (Lipinski definition) is 0. The van der Waals surface area contributed by atoms with Gasteiger partial charge in [0.1, 0.15) is 29.5 Å². The van der Waals surface area contributed by atoms with Crippen molar-refractivity contribution in [1.82, 2.24) is 0 Å². The average molecular weight is 501 g/mol. The molecule has 0 aromatic carbocycles. The van der Waals surface area contributed by atoms with Crippen molar-refractivity contribution in [2.75, 3.05) is 14.2 Å². The molecule has 8 atom stereocenters. The number of ether oxygens (including phenoxy) is 4. The van der Waals surface area contributed by atoms with Gasteiger partial charge in [0.15, 0.2) is 0 Å². The topological polar surface area (TPSA) is 101 Å². The average Bonchev–Trinajstić information content (AvgIpc) is 3.41. The van der Waals surface area contributed by atoms with Gasteiger partial charge in [-0.25, -0.2) is 9.59 Å². The number of fused-ring (bicyclic) bond motifs is 5. The summed E-state index contributed by atoms with van der Waals surface area (Å²) in [5, 5.41) is 0. The number of hydrogen-bond acceptors (Lipinski definition) is 8. The first kappa shape index (κ1) is 24.9. The third-order valence-corrected chi connectivity index (χ3v) is 9.67. The molecule has 0 saturated heterocycles. The number of aryl methyl sites for hydroxylation is 1. The second kappa shape index (κ2) is 8.96. The zero-order valence-corrected chi connectivity index (χ0v) is 21.7. The summed E-state index contributed by atoms with van der Waals surface area (Å²) in [7, 11) is 2.62. The van der Waals surface area contributed by atoms with Gasteiger partial charge in [-0.05, 0) is 62.0 Å². The Bertz CT molecular complexity index is 1090. The Morgan fingerprint density at radius 2 is 1.75 bits per heavy atom. The van der Waals surface area contributed by atoms with E-state index >= 15 is 0 Å². The van der Waals surface area contributed by atoms with Crippen LogP contribution in [0.3, 0.4) is 0 Å². The Morgan fingerprint density at radius 1 is 1.03 bits per heavy atom. The number of furan rings is 1. The summed E-state index contributed by atoms with van der Waals surface area (Å²) in [6.45, 7) is 6.21. The maximum atomic E-state index is 13.2. The van der Waals surface area contributed by atoms with Gasteiger partial charge >= 0.3 is 12.3 Å². The maximum Gasteiger partial charge on any atom is 0.508 e. The Labute approximate surface area is 211 Å². The predicted molar refractivity (Wildman–Crippen MR) is 128 cm³/mol. The SMILES string of the molecule is COC(=O)OC1C[C@]2(C)C(=O)CCC2C2C(c3ccc(C)o3)C=C3C[C@@H](OC(=O)OC)CC[C@]3(C)C12. The number of carbonyl (C=O) groups excluding carboxylic acids is 3. The second-order valence-corrected chi connectivity index (χ2v) is 11.4. The Hall–Kier alpha value is -2.77. The van der Waals surface area contributed by atoms with Crippen molar-refractivity contribution in [3.63, 3.8) is 0 Å². The molecule has 4 aliphatic carbocycles. The van der Waals surface area contributed by atoms with Crippen molar-refractivity contribution in [2.24, 2.45) is 28.6 Å². The molecule has 5 unspecified atom stereocenters. The molecule has 196 valence electrons. The van der Waals surface area contributed by atoms with E-state index in [-0.39, 0.29) is 41.0 Å². The summed E-state index contributed by atoms with van der Waals surface area (Å²) >= 11 is 0. The second-order valence-electron chi connectivity index (χ2n) is 11.4. The first-order valence-electron chi connectivity index (χ1n) is 12.9. The summed E-state index contributed by atoms with van der Waals surface area (Å²) in [5.74, 6) is 2.02. The molecule has 0 aliphatic heterocycles. The lowest BCUT2D eigenvalue weighted by Crippen LogP contribution is -2.59. The molecule has 3 fully saturated rings. The zero-order chi connectivity index (χ0) is 25.8. The van der Waals surface area contributed by atoms with Gasteiger partial charge in [-0.3, -0.25) is 4.79 Å². The molecular formula is C28H36O8. The molecule has 36 heavy (non-hydrogen) atoms. The third kappa shape index (κ3) is 3.84. The number of rotatable bonds is 3. The van der Waals surface area contributed by atoms with E-state index in [9.17, 15) is 14.4 Å². The van der Waals surface area contributed by atoms with Gasteiger partial charge < -0.3 is 23.4 Å². The fourth-order valence-corrected chi connectivity index (χ4v) is 7.98. The summed E-state index contributed by atoms with van der Waals surface area (Å²) in [6.07, 6.45) is 4.01. The van der Waals surface area contributed by atoms with E-state index in [0.29, 0.717) is 25.7 Å². The molecule has 1 aromatic heterocycles. The van der Waals surface area contributed by atoms with E-state index in [1.807, 2.05) is 26.0 Å². The number of allylic oxidation sites excluding steroid dienone is 1. The van der Waals surface area contributed by atoms with Crippen molar-refractivity contribution in [3.05, 3.63) is 35.3 Å². The summed E-state index contributed by atoms with van der Waals surface area (Å²) in [5.41, 5.74) is 0.325. The lowest BCUT2D eigenvalue weighted by molar-refractivity contribution is -0.151. The maximum absolute atomic E-state index is 13.2. The van der Waals surface area contributed by atoms with Gasteiger partial charge in [0.05, 0.1) is 14.2 Å². The van der Waals surface area contributed by atoms with Crippen LogP contribution in [0, 0.1) is 35.5 Å². The van der Waals surface area contributed by atoms with Crippen LogP contribution in [0.15, 0.2) is 28.2 Å². The van der Waals surface area contributed by atoms with Crippen LogP contribution in [0.5, 0.6) is 0 Å². The quantitative estimate of drug-likeness (QED) is 0.383. The highest BCUT2D eigenvalue weighted by Crippen LogP contribution is 2.67. The molecule has 4 aliphatic rings. The van der Waals surface area contributed by atoms with Crippen LogP contribution in [0.2, 0.25) is 0 Å². The Morgan fingerprint density at radius 3 is 2.42 bits per heavy atom. The van der Waals surface area contributed by atoms with Crippen molar-refractivity contribution in [2.45, 2.75) is 77.4 Å². The van der Waals surface area contributed by atoms with E-state index < -0.39 is 23.8 Å². The molecule has 1 aromatic rings. The lowest BCUT2D eigenvalue weighted by atomic mass is 9.45. The minimum absolute atomic E-state index is 0.0324. The highest BCUT2D eigenvalue weighted by molar-refractivity contribution is 5.87. The number of ketones is 1. The molecule has 8 heteroatoms. The first-order chi connectivity index (χ1) is 17.1. The van der Waals surface area contributed by atoms with E-state index in [0.717, 1.165) is 24.4 Å². The Kier molecular flexibility index (Phi) is 6.20. The van der Waals surface area contributed by atoms with E-state index in [1.54, 1.807) is 0 Å². The minimum Gasteiger partial charge on any atom is -0.466 e. The number of methoxy groups -OCH3 is 2. The van der Waals surface area contributed by atoms with Crippen molar-refractivity contribution in [1.29, 1.82) is 0 Å². The molecule has 0 N–H and O–H groups in total. The van der Waals surface area contributed by atoms with Gasteiger partial charge in [-0.2, -0.15) is 0 Å². The molecule has 8 nitrogen and oxygen atoms in total. The van der Waals surface area contributed by atoms with Gasteiger partial charge in [-0.1, -0.05) is 25.5 Å². The van der Waals surface area contributed by atoms with Gasteiger partial charge in [0.25, 0.3) is 0 Å². The van der Waals surface area contributed by atoms with E-state index in [4.69, 9.17) is 23.4 Å². The van der Waals surface area contributed by atoms with Gasteiger partial charge in [0.2, 0.25) is 0 Å². The molecule has 0 bridgehead atoms. The summed E-state index contributed by atoms with van der Waals surface area (Å²) < 4.78 is 27.3. The lowest BCUT2D eigenvalue weighted by Gasteiger charge is -2.60.